The van der Waals surface area contributed by atoms with Crippen LogP contribution in [0.2, 0.25) is 0 Å². The second-order valence-electron chi connectivity index (χ2n) is 4.04. The SMILES string of the molecule is COc1cccc2cc(C(=O)Nc3ncn[nH]3)cnc12. The van der Waals surface area contributed by atoms with Crippen LogP contribution in [0.4, 0.5) is 5.95 Å². The van der Waals surface area contributed by atoms with Gasteiger partial charge in [0.25, 0.3) is 5.91 Å². The zero-order chi connectivity index (χ0) is 13.9. The number of rotatable bonds is 3. The third-order valence-electron chi connectivity index (χ3n) is 2.80. The summed E-state index contributed by atoms with van der Waals surface area (Å²) in [6.45, 7) is 0. The molecule has 0 saturated carbocycles. The number of aromatic nitrogens is 4. The van der Waals surface area contributed by atoms with Gasteiger partial charge in [0.1, 0.15) is 17.6 Å². The third kappa shape index (κ3) is 2.16. The van der Waals surface area contributed by atoms with Crippen LogP contribution >= 0.6 is 0 Å². The minimum absolute atomic E-state index is 0.292. The van der Waals surface area contributed by atoms with Gasteiger partial charge in [0.05, 0.1) is 12.7 Å². The summed E-state index contributed by atoms with van der Waals surface area (Å²) in [5.74, 6) is 0.657. The lowest BCUT2D eigenvalue weighted by Crippen LogP contribution is -2.13. The highest BCUT2D eigenvalue weighted by Crippen LogP contribution is 2.23. The minimum atomic E-state index is -0.307. The van der Waals surface area contributed by atoms with E-state index in [1.165, 1.54) is 12.5 Å². The van der Waals surface area contributed by atoms with Crippen LogP contribution in [0.1, 0.15) is 10.4 Å². The maximum Gasteiger partial charge on any atom is 0.259 e. The molecule has 2 N–H and O–H groups in total. The van der Waals surface area contributed by atoms with Crippen LogP contribution in [0.3, 0.4) is 0 Å². The number of H-pyrrole nitrogens is 1. The van der Waals surface area contributed by atoms with Gasteiger partial charge in [-0.25, -0.2) is 5.10 Å². The van der Waals surface area contributed by atoms with E-state index in [1.807, 2.05) is 18.2 Å². The molecule has 0 saturated heterocycles. The quantitative estimate of drug-likeness (QED) is 0.753. The van der Waals surface area contributed by atoms with E-state index in [0.717, 1.165) is 5.39 Å². The van der Waals surface area contributed by atoms with Gasteiger partial charge in [-0.05, 0) is 12.1 Å². The summed E-state index contributed by atoms with van der Waals surface area (Å²) in [4.78, 5) is 20.1. The molecule has 0 fully saturated rings. The Kier molecular flexibility index (Phi) is 3.00. The number of nitrogens with zero attached hydrogens (tertiary/aromatic N) is 3. The van der Waals surface area contributed by atoms with Crippen LogP contribution < -0.4 is 10.1 Å². The van der Waals surface area contributed by atoms with Gasteiger partial charge < -0.3 is 4.74 Å². The molecule has 0 unspecified atom stereocenters. The number of aromatic amines is 1. The van der Waals surface area contributed by atoms with Gasteiger partial charge in [-0.2, -0.15) is 10.1 Å². The van der Waals surface area contributed by atoms with E-state index in [0.29, 0.717) is 22.8 Å². The molecule has 3 rings (SSSR count). The molecular formula is C13H11N5O2. The lowest BCUT2D eigenvalue weighted by atomic mass is 10.1. The van der Waals surface area contributed by atoms with Crippen molar-refractivity contribution in [2.45, 2.75) is 0 Å². The van der Waals surface area contributed by atoms with E-state index in [2.05, 4.69) is 25.5 Å². The fourth-order valence-corrected chi connectivity index (χ4v) is 1.87. The standard InChI is InChI=1S/C13H11N5O2/c1-20-10-4-2-3-8-5-9(6-14-11(8)10)12(19)17-13-15-7-16-18-13/h2-7H,1H3,(H2,15,16,17,18,19). The Hall–Kier alpha value is -2.96. The molecule has 7 nitrogen and oxygen atoms in total. The van der Waals surface area contributed by atoms with Crippen molar-refractivity contribution in [3.05, 3.63) is 42.4 Å². The first-order valence-electron chi connectivity index (χ1n) is 5.87. The number of carbonyl (C=O) groups is 1. The largest absolute Gasteiger partial charge is 0.494 e. The summed E-state index contributed by atoms with van der Waals surface area (Å²) in [7, 11) is 1.58. The molecule has 0 atom stereocenters. The highest BCUT2D eigenvalue weighted by molar-refractivity contribution is 6.05. The molecule has 2 heterocycles. The monoisotopic (exact) mass is 269 g/mol. The average molecular weight is 269 g/mol. The fourth-order valence-electron chi connectivity index (χ4n) is 1.87. The number of fused-ring (bicyclic) bond motifs is 1. The fraction of sp³-hybridized carbons (Fsp3) is 0.0769. The molecular weight excluding hydrogens is 258 g/mol. The molecule has 0 aliphatic rings. The number of hydrogen-bond acceptors (Lipinski definition) is 5. The molecule has 1 aromatic carbocycles. The Morgan fingerprint density at radius 2 is 2.25 bits per heavy atom. The number of para-hydroxylation sites is 1. The van der Waals surface area contributed by atoms with Gasteiger partial charge in [-0.1, -0.05) is 12.1 Å². The maximum absolute atomic E-state index is 12.0. The topological polar surface area (TPSA) is 92.8 Å². The predicted octanol–water partition coefficient (Wildman–Crippen LogP) is 1.61. The number of methoxy groups -OCH3 is 1. The Morgan fingerprint density at radius 3 is 3.00 bits per heavy atom. The summed E-state index contributed by atoms with van der Waals surface area (Å²) < 4.78 is 5.23. The summed E-state index contributed by atoms with van der Waals surface area (Å²) in [6, 6.07) is 7.29. The molecule has 0 aliphatic carbocycles. The van der Waals surface area contributed by atoms with Gasteiger partial charge in [-0.15, -0.1) is 0 Å². The third-order valence-corrected chi connectivity index (χ3v) is 2.80. The zero-order valence-electron chi connectivity index (χ0n) is 10.6. The zero-order valence-corrected chi connectivity index (χ0v) is 10.6. The van der Waals surface area contributed by atoms with Crippen LogP contribution in [-0.2, 0) is 0 Å². The molecule has 0 spiro atoms. The van der Waals surface area contributed by atoms with Gasteiger partial charge >= 0.3 is 0 Å². The Bertz CT molecular complexity index is 755. The van der Waals surface area contributed by atoms with Crippen molar-refractivity contribution >= 4 is 22.8 Å². The van der Waals surface area contributed by atoms with Crippen molar-refractivity contribution in [3.63, 3.8) is 0 Å². The number of hydrogen-bond donors (Lipinski definition) is 2. The number of pyridine rings is 1. The lowest BCUT2D eigenvalue weighted by Gasteiger charge is -2.06. The first-order valence-corrected chi connectivity index (χ1v) is 5.87. The second kappa shape index (κ2) is 4.96. The maximum atomic E-state index is 12.0. The highest BCUT2D eigenvalue weighted by atomic mass is 16.5. The van der Waals surface area contributed by atoms with Crippen molar-refractivity contribution in [3.8, 4) is 5.75 Å². The Morgan fingerprint density at radius 1 is 1.35 bits per heavy atom. The van der Waals surface area contributed by atoms with Gasteiger partial charge in [-0.3, -0.25) is 15.1 Å². The van der Waals surface area contributed by atoms with Crippen LogP contribution in [0.5, 0.6) is 5.75 Å². The highest BCUT2D eigenvalue weighted by Gasteiger charge is 2.10. The molecule has 3 aromatic rings. The van der Waals surface area contributed by atoms with Crippen molar-refractivity contribution < 1.29 is 9.53 Å². The lowest BCUT2D eigenvalue weighted by molar-refractivity contribution is 0.102. The number of amides is 1. The van der Waals surface area contributed by atoms with Crippen molar-refractivity contribution in [1.29, 1.82) is 0 Å². The van der Waals surface area contributed by atoms with E-state index in [-0.39, 0.29) is 5.91 Å². The number of ether oxygens (including phenoxy) is 1. The van der Waals surface area contributed by atoms with Crippen molar-refractivity contribution in [2.75, 3.05) is 12.4 Å². The van der Waals surface area contributed by atoms with Gasteiger partial charge in [0.15, 0.2) is 0 Å². The van der Waals surface area contributed by atoms with E-state index in [9.17, 15) is 4.79 Å². The molecule has 100 valence electrons. The number of carbonyl (C=O) groups excluding carboxylic acids is 1. The number of nitrogens with one attached hydrogen (secondary N) is 2. The summed E-state index contributed by atoms with van der Waals surface area (Å²) in [5, 5.41) is 9.64. The molecule has 2 aromatic heterocycles. The second-order valence-corrected chi connectivity index (χ2v) is 4.04. The molecule has 1 amide bonds. The molecule has 0 aliphatic heterocycles. The van der Waals surface area contributed by atoms with E-state index >= 15 is 0 Å². The summed E-state index contributed by atoms with van der Waals surface area (Å²) in [6.07, 6.45) is 2.82. The summed E-state index contributed by atoms with van der Waals surface area (Å²) >= 11 is 0. The average Bonchev–Trinajstić information content (AvgIpc) is 2.98. The molecule has 0 bridgehead atoms. The Balaban J connectivity index is 1.95. The minimum Gasteiger partial charge on any atom is -0.494 e. The van der Waals surface area contributed by atoms with E-state index in [1.54, 1.807) is 13.2 Å². The van der Waals surface area contributed by atoms with Crippen molar-refractivity contribution in [1.82, 2.24) is 20.2 Å². The van der Waals surface area contributed by atoms with Crippen LogP contribution in [0.15, 0.2) is 36.8 Å². The van der Waals surface area contributed by atoms with Gasteiger partial charge in [0.2, 0.25) is 5.95 Å². The van der Waals surface area contributed by atoms with Crippen LogP contribution in [0, 0.1) is 0 Å². The number of benzene rings is 1. The Labute approximate surface area is 114 Å². The predicted molar refractivity (Wildman–Crippen MR) is 72.6 cm³/mol. The number of anilines is 1. The van der Waals surface area contributed by atoms with Crippen molar-refractivity contribution in [2.24, 2.45) is 0 Å². The molecule has 20 heavy (non-hydrogen) atoms. The normalized spacial score (nSPS) is 10.4. The summed E-state index contributed by atoms with van der Waals surface area (Å²) in [5.41, 5.74) is 1.15. The van der Waals surface area contributed by atoms with E-state index in [4.69, 9.17) is 4.74 Å². The molecule has 0 radical (unpaired) electrons. The molecule has 7 heteroatoms. The van der Waals surface area contributed by atoms with E-state index < -0.39 is 0 Å². The first kappa shape index (κ1) is 12.1. The van der Waals surface area contributed by atoms with Crippen LogP contribution in [-0.4, -0.2) is 33.2 Å². The van der Waals surface area contributed by atoms with Crippen LogP contribution in [0.25, 0.3) is 10.9 Å². The van der Waals surface area contributed by atoms with Gasteiger partial charge in [0, 0.05) is 11.6 Å². The first-order chi connectivity index (χ1) is 9.78. The smallest absolute Gasteiger partial charge is 0.259 e.